The highest BCUT2D eigenvalue weighted by atomic mass is 19.1. The molecule has 1 unspecified atom stereocenters. The van der Waals surface area contributed by atoms with Crippen molar-refractivity contribution in [3.8, 4) is 0 Å². The first-order valence-corrected chi connectivity index (χ1v) is 9.50. The molecule has 0 radical (unpaired) electrons. The van der Waals surface area contributed by atoms with E-state index in [0.717, 1.165) is 30.6 Å². The molecule has 2 heterocycles. The molecule has 27 heavy (non-hydrogen) atoms. The fourth-order valence-electron chi connectivity index (χ4n) is 4.50. The molecule has 0 aliphatic carbocycles. The molecule has 2 aliphatic rings. The predicted octanol–water partition coefficient (Wildman–Crippen LogP) is 3.26. The molecule has 142 valence electrons. The topological polar surface area (TPSA) is 32.8 Å². The number of piperidine rings is 1. The second kappa shape index (κ2) is 7.31. The first-order chi connectivity index (χ1) is 13.1. The summed E-state index contributed by atoms with van der Waals surface area (Å²) < 4.78 is 19.4. The van der Waals surface area contributed by atoms with Crippen molar-refractivity contribution < 1.29 is 13.9 Å². The molecule has 1 amide bonds. The van der Waals surface area contributed by atoms with Crippen LogP contribution in [0.25, 0.3) is 0 Å². The molecular formula is C22H25FN2O2. The normalized spacial score (nSPS) is 21.2. The summed E-state index contributed by atoms with van der Waals surface area (Å²) in [6, 6.07) is 16.6. The molecule has 1 spiro atoms. The fraction of sp³-hybridized carbons (Fsp3) is 0.409. The highest BCUT2D eigenvalue weighted by molar-refractivity contribution is 5.79. The minimum Gasteiger partial charge on any atom is -0.377 e. The molecule has 0 bridgehead atoms. The number of hydrogen-bond acceptors (Lipinski definition) is 3. The Morgan fingerprint density at radius 2 is 1.89 bits per heavy atom. The Kier molecular flexibility index (Phi) is 4.87. The first kappa shape index (κ1) is 18.0. The molecule has 2 saturated heterocycles. The lowest BCUT2D eigenvalue weighted by atomic mass is 9.73. The van der Waals surface area contributed by atoms with Gasteiger partial charge in [0, 0.05) is 32.4 Å². The van der Waals surface area contributed by atoms with E-state index < -0.39 is 0 Å². The number of carbonyl (C=O) groups is 1. The Bertz CT molecular complexity index is 803. The smallest absolute Gasteiger partial charge is 0.226 e. The van der Waals surface area contributed by atoms with Crippen molar-refractivity contribution in [2.24, 2.45) is 0 Å². The Hall–Kier alpha value is -2.40. The van der Waals surface area contributed by atoms with Gasteiger partial charge in [0.05, 0.1) is 18.1 Å². The number of likely N-dealkylation sites (tertiary alicyclic amines) is 1. The van der Waals surface area contributed by atoms with Gasteiger partial charge in [-0.25, -0.2) is 4.39 Å². The van der Waals surface area contributed by atoms with Crippen LogP contribution >= 0.6 is 0 Å². The van der Waals surface area contributed by atoms with Crippen LogP contribution in [0.15, 0.2) is 54.6 Å². The van der Waals surface area contributed by atoms with Crippen LogP contribution in [0.3, 0.4) is 0 Å². The number of amides is 1. The minimum atomic E-state index is -0.223. The van der Waals surface area contributed by atoms with E-state index in [1.54, 1.807) is 19.2 Å². The lowest BCUT2D eigenvalue weighted by Gasteiger charge is -2.61. The molecule has 0 saturated carbocycles. The highest BCUT2D eigenvalue weighted by Gasteiger charge is 2.55. The van der Waals surface area contributed by atoms with Crippen LogP contribution in [-0.2, 0) is 16.0 Å². The minimum absolute atomic E-state index is 0.118. The van der Waals surface area contributed by atoms with Crippen molar-refractivity contribution in [3.05, 3.63) is 66.0 Å². The number of benzene rings is 2. The third kappa shape index (κ3) is 3.32. The number of carbonyl (C=O) groups excluding carboxylic acids is 1. The summed E-state index contributed by atoms with van der Waals surface area (Å²) in [5.41, 5.74) is 1.79. The summed E-state index contributed by atoms with van der Waals surface area (Å²) in [7, 11) is 1.74. The van der Waals surface area contributed by atoms with Gasteiger partial charge in [-0.3, -0.25) is 4.79 Å². The van der Waals surface area contributed by atoms with E-state index in [0.29, 0.717) is 19.5 Å². The van der Waals surface area contributed by atoms with Gasteiger partial charge in [-0.2, -0.15) is 0 Å². The van der Waals surface area contributed by atoms with Gasteiger partial charge in [-0.15, -0.1) is 0 Å². The number of nitrogens with zero attached hydrogens (tertiary/aromatic N) is 2. The van der Waals surface area contributed by atoms with Crippen molar-refractivity contribution in [2.75, 3.05) is 31.6 Å². The summed E-state index contributed by atoms with van der Waals surface area (Å²) >= 11 is 0. The highest BCUT2D eigenvalue weighted by Crippen LogP contribution is 2.44. The first-order valence-electron chi connectivity index (χ1n) is 9.50. The number of anilines is 1. The van der Waals surface area contributed by atoms with E-state index in [4.69, 9.17) is 4.74 Å². The van der Waals surface area contributed by atoms with Crippen molar-refractivity contribution in [2.45, 2.75) is 30.9 Å². The van der Waals surface area contributed by atoms with E-state index in [9.17, 15) is 9.18 Å². The second-order valence-corrected chi connectivity index (χ2v) is 7.46. The monoisotopic (exact) mass is 368 g/mol. The average molecular weight is 368 g/mol. The van der Waals surface area contributed by atoms with Crippen molar-refractivity contribution in [3.63, 3.8) is 0 Å². The molecule has 2 aromatic carbocycles. The number of methoxy groups -OCH3 is 1. The maximum absolute atomic E-state index is 13.7. The molecule has 2 aromatic rings. The molecule has 5 heteroatoms. The van der Waals surface area contributed by atoms with Crippen molar-refractivity contribution >= 4 is 11.6 Å². The van der Waals surface area contributed by atoms with Gasteiger partial charge in [0.25, 0.3) is 0 Å². The number of hydrogen-bond donors (Lipinski definition) is 0. The van der Waals surface area contributed by atoms with Crippen LogP contribution < -0.4 is 4.90 Å². The Labute approximate surface area is 159 Å². The SMILES string of the molecule is COC1CN(c2cccc(F)c2)C12CCN(C(=O)Cc1ccccc1)CC2. The molecule has 1 atom stereocenters. The van der Waals surface area contributed by atoms with Gasteiger partial charge in [-0.05, 0) is 36.6 Å². The fourth-order valence-corrected chi connectivity index (χ4v) is 4.50. The van der Waals surface area contributed by atoms with Crippen LogP contribution in [0.5, 0.6) is 0 Å². The molecule has 4 nitrogen and oxygen atoms in total. The predicted molar refractivity (Wildman–Crippen MR) is 103 cm³/mol. The van der Waals surface area contributed by atoms with Gasteiger partial charge in [0.15, 0.2) is 0 Å². The van der Waals surface area contributed by atoms with Crippen molar-refractivity contribution in [1.29, 1.82) is 0 Å². The van der Waals surface area contributed by atoms with E-state index in [1.165, 1.54) is 6.07 Å². The van der Waals surface area contributed by atoms with Gasteiger partial charge in [0.2, 0.25) is 5.91 Å². The second-order valence-electron chi connectivity index (χ2n) is 7.46. The van der Waals surface area contributed by atoms with Gasteiger partial charge in [0.1, 0.15) is 5.82 Å². The zero-order valence-corrected chi connectivity index (χ0v) is 15.6. The molecule has 2 aliphatic heterocycles. The molecule has 0 aromatic heterocycles. The zero-order chi connectivity index (χ0) is 18.9. The summed E-state index contributed by atoms with van der Waals surface area (Å²) in [4.78, 5) is 16.9. The maximum Gasteiger partial charge on any atom is 0.226 e. The Balaban J connectivity index is 1.45. The van der Waals surface area contributed by atoms with Crippen LogP contribution in [0, 0.1) is 5.82 Å². The van der Waals surface area contributed by atoms with Gasteiger partial charge < -0.3 is 14.5 Å². The summed E-state index contributed by atoms with van der Waals surface area (Å²) in [6.07, 6.45) is 2.23. The lowest BCUT2D eigenvalue weighted by Crippen LogP contribution is -2.74. The molecule has 4 rings (SSSR count). The molecular weight excluding hydrogens is 343 g/mol. The quantitative estimate of drug-likeness (QED) is 0.830. The molecule has 2 fully saturated rings. The van der Waals surface area contributed by atoms with E-state index in [-0.39, 0.29) is 23.4 Å². The largest absolute Gasteiger partial charge is 0.377 e. The van der Waals surface area contributed by atoms with E-state index >= 15 is 0 Å². The van der Waals surface area contributed by atoms with Crippen LogP contribution in [0.1, 0.15) is 18.4 Å². The standard InChI is InChI=1S/C22H25FN2O2/c1-27-20-16-25(19-9-5-8-18(23)15-19)22(20)10-12-24(13-11-22)21(26)14-17-6-3-2-4-7-17/h2-9,15,20H,10-14,16H2,1H3. The van der Waals surface area contributed by atoms with Gasteiger partial charge >= 0.3 is 0 Å². The van der Waals surface area contributed by atoms with E-state index in [2.05, 4.69) is 4.90 Å². The Morgan fingerprint density at radius 1 is 1.15 bits per heavy atom. The number of rotatable bonds is 4. The third-order valence-corrected chi connectivity index (χ3v) is 6.07. The lowest BCUT2D eigenvalue weighted by molar-refractivity contribution is -0.134. The van der Waals surface area contributed by atoms with Gasteiger partial charge in [-0.1, -0.05) is 36.4 Å². The van der Waals surface area contributed by atoms with E-state index in [1.807, 2.05) is 41.3 Å². The molecule has 0 N–H and O–H groups in total. The summed E-state index contributed by atoms with van der Waals surface area (Å²) in [5.74, 6) is -0.0550. The van der Waals surface area contributed by atoms with Crippen LogP contribution in [0.2, 0.25) is 0 Å². The summed E-state index contributed by atoms with van der Waals surface area (Å²) in [6.45, 7) is 2.17. The number of halogens is 1. The average Bonchev–Trinajstić information content (AvgIpc) is 2.68. The Morgan fingerprint density at radius 3 is 2.56 bits per heavy atom. The third-order valence-electron chi connectivity index (χ3n) is 6.07. The van der Waals surface area contributed by atoms with Crippen LogP contribution in [0.4, 0.5) is 10.1 Å². The maximum atomic E-state index is 13.7. The summed E-state index contributed by atoms with van der Waals surface area (Å²) in [5, 5.41) is 0. The number of ether oxygens (including phenoxy) is 1. The van der Waals surface area contributed by atoms with Crippen LogP contribution in [-0.4, -0.2) is 49.2 Å². The van der Waals surface area contributed by atoms with Crippen molar-refractivity contribution in [1.82, 2.24) is 4.90 Å². The zero-order valence-electron chi connectivity index (χ0n) is 15.6.